The summed E-state index contributed by atoms with van der Waals surface area (Å²) < 4.78 is 3.96. The number of aromatic nitrogens is 3. The monoisotopic (exact) mass is 197 g/mol. The fraction of sp³-hybridized carbons (Fsp3) is 0. The molecule has 2 rings (SSSR count). The van der Waals surface area contributed by atoms with E-state index in [1.165, 1.54) is 17.9 Å². The van der Waals surface area contributed by atoms with Crippen LogP contribution in [0.2, 0.25) is 5.02 Å². The molecule has 3 nitrogen and oxygen atoms in total. The van der Waals surface area contributed by atoms with Gasteiger partial charge in [-0.2, -0.15) is 0 Å². The van der Waals surface area contributed by atoms with Crippen molar-refractivity contribution in [1.82, 2.24) is 14.3 Å². The van der Waals surface area contributed by atoms with Gasteiger partial charge in [0, 0.05) is 17.1 Å². The number of halogens is 1. The van der Waals surface area contributed by atoms with Crippen LogP contribution in [-0.4, -0.2) is 14.3 Å². The van der Waals surface area contributed by atoms with E-state index in [0.29, 0.717) is 5.02 Å². The molecule has 12 heavy (non-hydrogen) atoms. The second-order valence-electron chi connectivity index (χ2n) is 2.13. The maximum Gasteiger partial charge on any atom is 0.116 e. The van der Waals surface area contributed by atoms with E-state index in [4.69, 9.17) is 11.6 Å². The Kier molecular flexibility index (Phi) is 2.01. The lowest BCUT2D eigenvalue weighted by Crippen LogP contribution is -1.83. The molecule has 0 atom stereocenters. The van der Waals surface area contributed by atoms with Crippen molar-refractivity contribution in [3.05, 3.63) is 29.1 Å². The van der Waals surface area contributed by atoms with E-state index in [9.17, 15) is 0 Å². The maximum absolute atomic E-state index is 5.87. The topological polar surface area (TPSA) is 38.7 Å². The molecular formula is C7H4ClN3S. The molecule has 0 aliphatic rings. The molecule has 0 spiro atoms. The lowest BCUT2D eigenvalue weighted by Gasteiger charge is -1.96. The van der Waals surface area contributed by atoms with E-state index in [1.54, 1.807) is 12.4 Å². The van der Waals surface area contributed by atoms with Gasteiger partial charge in [-0.15, -0.1) is 0 Å². The molecule has 0 unspecified atom stereocenters. The minimum atomic E-state index is 0.553. The van der Waals surface area contributed by atoms with Crippen molar-refractivity contribution in [1.29, 1.82) is 0 Å². The fourth-order valence-electron chi connectivity index (χ4n) is 0.847. The number of rotatable bonds is 1. The van der Waals surface area contributed by atoms with Crippen molar-refractivity contribution in [2.75, 3.05) is 0 Å². The van der Waals surface area contributed by atoms with Crippen LogP contribution in [-0.2, 0) is 0 Å². The SMILES string of the molecule is Clc1cncnc1-c1cnsc1. The van der Waals surface area contributed by atoms with Gasteiger partial charge in [-0.1, -0.05) is 11.6 Å². The van der Waals surface area contributed by atoms with Crippen LogP contribution >= 0.6 is 23.1 Å². The normalized spacial score (nSPS) is 10.1. The number of hydrogen-bond acceptors (Lipinski definition) is 4. The predicted octanol–water partition coefficient (Wildman–Crippen LogP) is 2.25. The summed E-state index contributed by atoms with van der Waals surface area (Å²) in [5.74, 6) is 0. The second-order valence-corrected chi connectivity index (χ2v) is 3.20. The van der Waals surface area contributed by atoms with Gasteiger partial charge in [-0.25, -0.2) is 14.3 Å². The first-order valence-corrected chi connectivity index (χ1v) is 4.44. The van der Waals surface area contributed by atoms with E-state index >= 15 is 0 Å². The lowest BCUT2D eigenvalue weighted by atomic mass is 10.2. The summed E-state index contributed by atoms with van der Waals surface area (Å²) in [4.78, 5) is 7.84. The molecule has 0 bridgehead atoms. The molecule has 0 saturated heterocycles. The summed E-state index contributed by atoms with van der Waals surface area (Å²) in [6.45, 7) is 0. The van der Waals surface area contributed by atoms with Gasteiger partial charge in [0.15, 0.2) is 0 Å². The quantitative estimate of drug-likeness (QED) is 0.704. The Balaban J connectivity index is 2.55. The zero-order valence-corrected chi connectivity index (χ0v) is 7.51. The van der Waals surface area contributed by atoms with Crippen molar-refractivity contribution >= 4 is 23.1 Å². The summed E-state index contributed by atoms with van der Waals surface area (Å²) >= 11 is 7.24. The van der Waals surface area contributed by atoms with Crippen molar-refractivity contribution in [3.8, 4) is 11.3 Å². The molecule has 2 aromatic rings. The highest BCUT2D eigenvalue weighted by Gasteiger charge is 2.04. The van der Waals surface area contributed by atoms with Gasteiger partial charge in [0.05, 0.1) is 16.9 Å². The van der Waals surface area contributed by atoms with Crippen LogP contribution in [0.1, 0.15) is 0 Å². The largest absolute Gasteiger partial charge is 0.243 e. The Morgan fingerprint density at radius 2 is 2.25 bits per heavy atom. The zero-order valence-electron chi connectivity index (χ0n) is 5.94. The first kappa shape index (κ1) is 7.64. The van der Waals surface area contributed by atoms with Gasteiger partial charge in [0.25, 0.3) is 0 Å². The Bertz CT molecular complexity index is 374. The highest BCUT2D eigenvalue weighted by atomic mass is 35.5. The van der Waals surface area contributed by atoms with Crippen molar-refractivity contribution in [3.63, 3.8) is 0 Å². The average molecular weight is 198 g/mol. The minimum absolute atomic E-state index is 0.553. The summed E-state index contributed by atoms with van der Waals surface area (Å²) in [5, 5.41) is 2.45. The van der Waals surface area contributed by atoms with Crippen LogP contribution in [0.25, 0.3) is 11.3 Å². The predicted molar refractivity (Wildman–Crippen MR) is 48.2 cm³/mol. The molecule has 0 saturated carbocycles. The van der Waals surface area contributed by atoms with Gasteiger partial charge >= 0.3 is 0 Å². The van der Waals surface area contributed by atoms with Gasteiger partial charge in [-0.3, -0.25) is 0 Å². The fourth-order valence-corrected chi connectivity index (χ4v) is 1.58. The van der Waals surface area contributed by atoms with Crippen LogP contribution in [0.15, 0.2) is 24.1 Å². The molecule has 5 heteroatoms. The van der Waals surface area contributed by atoms with Gasteiger partial charge < -0.3 is 0 Å². The average Bonchev–Trinajstić information content (AvgIpc) is 2.57. The molecule has 0 N–H and O–H groups in total. The smallest absolute Gasteiger partial charge is 0.116 e. The zero-order chi connectivity index (χ0) is 8.39. The van der Waals surface area contributed by atoms with Gasteiger partial charge in [0.1, 0.15) is 6.33 Å². The Labute approximate surface area is 78.2 Å². The molecule has 0 aromatic carbocycles. The summed E-state index contributed by atoms with van der Waals surface area (Å²) in [6, 6.07) is 0. The van der Waals surface area contributed by atoms with Gasteiger partial charge in [0.2, 0.25) is 0 Å². The highest BCUT2D eigenvalue weighted by molar-refractivity contribution is 7.03. The Morgan fingerprint density at radius 1 is 1.33 bits per heavy atom. The van der Waals surface area contributed by atoms with Crippen LogP contribution in [0.5, 0.6) is 0 Å². The molecule has 0 aliphatic carbocycles. The Morgan fingerprint density at radius 3 is 2.92 bits per heavy atom. The third kappa shape index (κ3) is 1.31. The maximum atomic E-state index is 5.87. The van der Waals surface area contributed by atoms with E-state index in [1.807, 2.05) is 5.38 Å². The standard InChI is InChI=1S/C7H4ClN3S/c8-6-2-9-4-10-7(6)5-1-11-12-3-5/h1-4H. The van der Waals surface area contributed by atoms with Crippen molar-refractivity contribution in [2.24, 2.45) is 0 Å². The number of hydrogen-bond donors (Lipinski definition) is 0. The minimum Gasteiger partial charge on any atom is -0.243 e. The van der Waals surface area contributed by atoms with Crippen molar-refractivity contribution in [2.45, 2.75) is 0 Å². The number of nitrogens with zero attached hydrogens (tertiary/aromatic N) is 3. The summed E-state index contributed by atoms with van der Waals surface area (Å²) in [6.07, 6.45) is 4.78. The van der Waals surface area contributed by atoms with Gasteiger partial charge in [-0.05, 0) is 11.5 Å². The molecular weight excluding hydrogens is 194 g/mol. The molecule has 60 valence electrons. The van der Waals surface area contributed by atoms with E-state index < -0.39 is 0 Å². The Hall–Kier alpha value is -1.00. The molecule has 2 heterocycles. The first-order valence-electron chi connectivity index (χ1n) is 3.23. The van der Waals surface area contributed by atoms with Crippen LogP contribution in [0, 0.1) is 0 Å². The van der Waals surface area contributed by atoms with Crippen LogP contribution < -0.4 is 0 Å². The summed E-state index contributed by atoms with van der Waals surface area (Å²) in [7, 11) is 0. The van der Waals surface area contributed by atoms with Crippen LogP contribution in [0.3, 0.4) is 0 Å². The van der Waals surface area contributed by atoms with E-state index in [2.05, 4.69) is 14.3 Å². The summed E-state index contributed by atoms with van der Waals surface area (Å²) in [5.41, 5.74) is 1.67. The molecule has 2 aromatic heterocycles. The van der Waals surface area contributed by atoms with Crippen LogP contribution in [0.4, 0.5) is 0 Å². The van der Waals surface area contributed by atoms with E-state index in [0.717, 1.165) is 11.3 Å². The van der Waals surface area contributed by atoms with E-state index in [-0.39, 0.29) is 0 Å². The third-order valence-corrected chi connectivity index (χ3v) is 2.24. The third-order valence-electron chi connectivity index (χ3n) is 1.37. The highest BCUT2D eigenvalue weighted by Crippen LogP contribution is 2.24. The first-order chi connectivity index (χ1) is 5.88. The molecule has 0 amide bonds. The van der Waals surface area contributed by atoms with Crippen molar-refractivity contribution < 1.29 is 0 Å². The molecule has 0 aliphatic heterocycles. The lowest BCUT2D eigenvalue weighted by molar-refractivity contribution is 1.17. The second kappa shape index (κ2) is 3.16. The molecule has 0 fully saturated rings. The molecule has 0 radical (unpaired) electrons.